The molecule has 1 aromatic heterocycles. The van der Waals surface area contributed by atoms with E-state index >= 15 is 0 Å². The molecule has 0 radical (unpaired) electrons. The summed E-state index contributed by atoms with van der Waals surface area (Å²) < 4.78 is 1.45. The molecule has 0 bridgehead atoms. The summed E-state index contributed by atoms with van der Waals surface area (Å²) >= 11 is 2.63. The van der Waals surface area contributed by atoms with Gasteiger partial charge in [0.05, 0.1) is 5.88 Å². The summed E-state index contributed by atoms with van der Waals surface area (Å²) in [5.74, 6) is 0.689. The van der Waals surface area contributed by atoms with Gasteiger partial charge in [0.15, 0.2) is 0 Å². The number of amides is 2. The molecule has 2 heterocycles. The Balaban J connectivity index is 1.62. The maximum absolute atomic E-state index is 12.6. The Hall–Kier alpha value is -2.06. The van der Waals surface area contributed by atoms with Gasteiger partial charge in [-0.2, -0.15) is 0 Å². The molecule has 3 rings (SSSR count). The average Bonchev–Trinajstić information content (AvgIpc) is 3.23. The smallest absolute Gasteiger partial charge is 0.307 e. The average molecular weight is 377 g/mol. The monoisotopic (exact) mass is 377 g/mol. The highest BCUT2D eigenvalue weighted by Crippen LogP contribution is 2.21. The highest BCUT2D eigenvalue weighted by Gasteiger charge is 2.34. The lowest BCUT2D eigenvalue weighted by molar-refractivity contribution is -0.138. The molecule has 1 aliphatic rings. The number of hydrogen-bond donors (Lipinski definition) is 1. The molecule has 0 saturated carbocycles. The lowest BCUT2D eigenvalue weighted by Crippen LogP contribution is -2.48. The number of aryl methyl sites for hydroxylation is 1. The molecule has 0 spiro atoms. The first-order chi connectivity index (χ1) is 12.1. The Morgan fingerprint density at radius 3 is 2.72 bits per heavy atom. The fourth-order valence-electron chi connectivity index (χ4n) is 2.63. The standard InChI is InChI=1S/C17H19N3O3S2/c1-12-9-25-17(23)19(12)8-15(21)20-11-24-10-14(20)16(22)18-7-13-5-3-2-4-6-13/h2-6,9,14H,7-8,10-11H2,1H3,(H,18,22)/t14-/m1/s1. The van der Waals surface area contributed by atoms with Crippen LogP contribution < -0.4 is 10.2 Å². The highest BCUT2D eigenvalue weighted by atomic mass is 32.2. The van der Waals surface area contributed by atoms with Gasteiger partial charge in [0, 0.05) is 23.4 Å². The van der Waals surface area contributed by atoms with E-state index in [0.717, 1.165) is 22.6 Å². The normalized spacial score (nSPS) is 16.8. The molecule has 2 amide bonds. The quantitative estimate of drug-likeness (QED) is 0.856. The number of hydrogen-bond acceptors (Lipinski definition) is 5. The van der Waals surface area contributed by atoms with Crippen molar-refractivity contribution >= 4 is 34.9 Å². The zero-order valence-electron chi connectivity index (χ0n) is 13.8. The van der Waals surface area contributed by atoms with Gasteiger partial charge in [-0.15, -0.1) is 11.8 Å². The van der Waals surface area contributed by atoms with E-state index < -0.39 is 6.04 Å². The number of carbonyl (C=O) groups excluding carboxylic acids is 2. The van der Waals surface area contributed by atoms with Crippen LogP contribution in [0.3, 0.4) is 0 Å². The predicted molar refractivity (Wildman–Crippen MR) is 99.6 cm³/mol. The molecule has 1 N–H and O–H groups in total. The van der Waals surface area contributed by atoms with Gasteiger partial charge in [-0.25, -0.2) is 0 Å². The molecule has 0 unspecified atom stereocenters. The van der Waals surface area contributed by atoms with E-state index in [2.05, 4.69) is 5.32 Å². The molecule has 6 nitrogen and oxygen atoms in total. The fraction of sp³-hybridized carbons (Fsp3) is 0.353. The van der Waals surface area contributed by atoms with E-state index in [1.807, 2.05) is 30.3 Å². The Kier molecular flexibility index (Phi) is 5.60. The molecule has 1 aliphatic heterocycles. The molecule has 1 saturated heterocycles. The minimum absolute atomic E-state index is 0.0167. The maximum atomic E-state index is 12.6. The van der Waals surface area contributed by atoms with Crippen LogP contribution in [-0.4, -0.2) is 39.0 Å². The summed E-state index contributed by atoms with van der Waals surface area (Å²) in [7, 11) is 0. The number of carbonyl (C=O) groups is 2. The van der Waals surface area contributed by atoms with E-state index in [9.17, 15) is 14.4 Å². The second-order valence-electron chi connectivity index (χ2n) is 5.81. The summed E-state index contributed by atoms with van der Waals surface area (Å²) in [4.78, 5) is 38.3. The van der Waals surface area contributed by atoms with E-state index in [1.165, 1.54) is 4.57 Å². The molecule has 0 aliphatic carbocycles. The number of thioether (sulfide) groups is 1. The van der Waals surface area contributed by atoms with Crippen molar-refractivity contribution in [2.24, 2.45) is 0 Å². The SMILES string of the molecule is Cc1csc(=O)n1CC(=O)N1CSC[C@@H]1C(=O)NCc1ccccc1. The maximum Gasteiger partial charge on any atom is 0.307 e. The topological polar surface area (TPSA) is 71.4 Å². The summed E-state index contributed by atoms with van der Waals surface area (Å²) in [6, 6.07) is 9.16. The van der Waals surface area contributed by atoms with Gasteiger partial charge in [-0.3, -0.25) is 19.0 Å². The van der Waals surface area contributed by atoms with Crippen LogP contribution in [-0.2, 0) is 22.7 Å². The molecular formula is C17H19N3O3S2. The van der Waals surface area contributed by atoms with Gasteiger partial charge in [0.2, 0.25) is 11.8 Å². The third kappa shape index (κ3) is 4.13. The van der Waals surface area contributed by atoms with Gasteiger partial charge >= 0.3 is 4.87 Å². The number of benzene rings is 1. The van der Waals surface area contributed by atoms with Gasteiger partial charge in [0.1, 0.15) is 12.6 Å². The molecule has 1 fully saturated rings. The van der Waals surface area contributed by atoms with Gasteiger partial charge < -0.3 is 10.2 Å². The van der Waals surface area contributed by atoms with Crippen LogP contribution in [0.25, 0.3) is 0 Å². The predicted octanol–water partition coefficient (Wildman–Crippen LogP) is 1.44. The number of thiazole rings is 1. The third-order valence-electron chi connectivity index (χ3n) is 4.08. The Labute approximate surface area is 153 Å². The summed E-state index contributed by atoms with van der Waals surface area (Å²) in [6.07, 6.45) is 0. The number of aromatic nitrogens is 1. The fourth-order valence-corrected chi connectivity index (χ4v) is 4.55. The minimum Gasteiger partial charge on any atom is -0.350 e. The van der Waals surface area contributed by atoms with Crippen LogP contribution in [0.15, 0.2) is 40.5 Å². The first-order valence-corrected chi connectivity index (χ1v) is 9.93. The molecule has 132 valence electrons. The van der Waals surface area contributed by atoms with Crippen LogP contribution in [0.2, 0.25) is 0 Å². The van der Waals surface area contributed by atoms with E-state index in [-0.39, 0.29) is 23.2 Å². The van der Waals surface area contributed by atoms with Crippen molar-refractivity contribution in [3.05, 3.63) is 56.6 Å². The summed E-state index contributed by atoms with van der Waals surface area (Å²) in [5, 5.41) is 4.63. The van der Waals surface area contributed by atoms with Crippen LogP contribution in [0.4, 0.5) is 0 Å². The molecule has 1 aromatic carbocycles. The molecule has 25 heavy (non-hydrogen) atoms. The Morgan fingerprint density at radius 1 is 1.28 bits per heavy atom. The van der Waals surface area contributed by atoms with Gasteiger partial charge in [-0.05, 0) is 12.5 Å². The second kappa shape index (κ2) is 7.88. The minimum atomic E-state index is -0.490. The molecule has 2 aromatic rings. The van der Waals surface area contributed by atoms with Crippen LogP contribution in [0.1, 0.15) is 11.3 Å². The van der Waals surface area contributed by atoms with Crippen LogP contribution >= 0.6 is 23.1 Å². The third-order valence-corrected chi connectivity index (χ3v) is 5.98. The number of nitrogens with zero attached hydrogens (tertiary/aromatic N) is 2. The lowest BCUT2D eigenvalue weighted by Gasteiger charge is -2.23. The van der Waals surface area contributed by atoms with E-state index in [0.29, 0.717) is 18.2 Å². The van der Waals surface area contributed by atoms with Crippen molar-refractivity contribution < 1.29 is 9.59 Å². The zero-order chi connectivity index (χ0) is 17.8. The Bertz CT molecular complexity index is 816. The molecule has 1 atom stereocenters. The zero-order valence-corrected chi connectivity index (χ0v) is 15.4. The van der Waals surface area contributed by atoms with Crippen molar-refractivity contribution in [1.29, 1.82) is 0 Å². The van der Waals surface area contributed by atoms with E-state index in [4.69, 9.17) is 0 Å². The first-order valence-electron chi connectivity index (χ1n) is 7.90. The number of rotatable bonds is 5. The van der Waals surface area contributed by atoms with Crippen molar-refractivity contribution in [2.45, 2.75) is 26.1 Å². The van der Waals surface area contributed by atoms with E-state index in [1.54, 1.807) is 29.0 Å². The lowest BCUT2D eigenvalue weighted by atomic mass is 10.2. The summed E-state index contributed by atoms with van der Waals surface area (Å²) in [6.45, 7) is 2.22. The molecule has 8 heteroatoms. The first kappa shape index (κ1) is 17.8. The largest absolute Gasteiger partial charge is 0.350 e. The second-order valence-corrected chi connectivity index (χ2v) is 7.63. The van der Waals surface area contributed by atoms with Gasteiger partial charge in [0.25, 0.3) is 0 Å². The highest BCUT2D eigenvalue weighted by molar-refractivity contribution is 7.99. The summed E-state index contributed by atoms with van der Waals surface area (Å²) in [5.41, 5.74) is 1.78. The van der Waals surface area contributed by atoms with Crippen molar-refractivity contribution in [3.8, 4) is 0 Å². The number of nitrogens with one attached hydrogen (secondary N) is 1. The molecular weight excluding hydrogens is 358 g/mol. The van der Waals surface area contributed by atoms with Crippen LogP contribution in [0, 0.1) is 6.92 Å². The van der Waals surface area contributed by atoms with Gasteiger partial charge in [-0.1, -0.05) is 41.7 Å². The van der Waals surface area contributed by atoms with Crippen LogP contribution in [0.5, 0.6) is 0 Å². The Morgan fingerprint density at radius 2 is 2.04 bits per heavy atom. The van der Waals surface area contributed by atoms with Crippen molar-refractivity contribution in [1.82, 2.24) is 14.8 Å². The van der Waals surface area contributed by atoms with Crippen molar-refractivity contribution in [3.63, 3.8) is 0 Å². The van der Waals surface area contributed by atoms with Crippen molar-refractivity contribution in [2.75, 3.05) is 11.6 Å².